The molecule has 0 bridgehead atoms. The molecule has 20 heavy (non-hydrogen) atoms. The number of nitrogens with zero attached hydrogens (tertiary/aromatic N) is 3. The summed E-state index contributed by atoms with van der Waals surface area (Å²) in [5.41, 5.74) is 6.74. The Morgan fingerprint density at radius 2 is 2.25 bits per heavy atom. The van der Waals surface area contributed by atoms with E-state index in [2.05, 4.69) is 14.5 Å². The van der Waals surface area contributed by atoms with Gasteiger partial charge in [0.05, 0.1) is 11.5 Å². The third-order valence-electron chi connectivity index (χ3n) is 3.75. The van der Waals surface area contributed by atoms with Gasteiger partial charge < -0.3 is 19.8 Å². The fourth-order valence-corrected chi connectivity index (χ4v) is 4.35. The van der Waals surface area contributed by atoms with Crippen LogP contribution >= 0.6 is 11.8 Å². The second-order valence-electron chi connectivity index (χ2n) is 5.58. The summed E-state index contributed by atoms with van der Waals surface area (Å²) in [6, 6.07) is 1.96. The van der Waals surface area contributed by atoms with E-state index in [-0.39, 0.29) is 17.6 Å². The second-order valence-corrected chi connectivity index (χ2v) is 6.73. The van der Waals surface area contributed by atoms with E-state index in [0.717, 1.165) is 16.8 Å². The van der Waals surface area contributed by atoms with Gasteiger partial charge in [0.1, 0.15) is 29.3 Å². The van der Waals surface area contributed by atoms with E-state index in [1.54, 1.807) is 0 Å². The van der Waals surface area contributed by atoms with Gasteiger partial charge in [0.15, 0.2) is 5.79 Å². The Balaban J connectivity index is 1.75. The molecule has 7 heteroatoms. The van der Waals surface area contributed by atoms with Crippen LogP contribution in [0.3, 0.4) is 0 Å². The minimum atomic E-state index is -0.508. The molecule has 2 fully saturated rings. The van der Waals surface area contributed by atoms with E-state index in [9.17, 15) is 0 Å². The zero-order chi connectivity index (χ0) is 13.9. The molecule has 0 aromatic carbocycles. The number of hydrogen-bond acceptors (Lipinski definition) is 6. The summed E-state index contributed by atoms with van der Waals surface area (Å²) in [6.07, 6.45) is 3.68. The van der Waals surface area contributed by atoms with Gasteiger partial charge in [-0.1, -0.05) is 0 Å². The summed E-state index contributed by atoms with van der Waals surface area (Å²) >= 11 is 1.83. The molecule has 0 amide bonds. The van der Waals surface area contributed by atoms with E-state index in [0.29, 0.717) is 5.82 Å². The number of ether oxygens (including phenoxy) is 2. The highest BCUT2D eigenvalue weighted by atomic mass is 32.2. The van der Waals surface area contributed by atoms with Crippen molar-refractivity contribution in [2.24, 2.45) is 0 Å². The van der Waals surface area contributed by atoms with Crippen molar-refractivity contribution in [1.82, 2.24) is 14.5 Å². The van der Waals surface area contributed by atoms with Crippen molar-refractivity contribution in [1.29, 1.82) is 0 Å². The molecule has 0 radical (unpaired) electrons. The van der Waals surface area contributed by atoms with Gasteiger partial charge in [-0.3, -0.25) is 0 Å². The third kappa shape index (κ3) is 1.73. The van der Waals surface area contributed by atoms with Crippen molar-refractivity contribution in [2.75, 3.05) is 11.5 Å². The molecule has 2 aliphatic heterocycles. The van der Waals surface area contributed by atoms with Gasteiger partial charge in [-0.2, -0.15) is 0 Å². The highest BCUT2D eigenvalue weighted by Gasteiger charge is 2.50. The van der Waals surface area contributed by atoms with Crippen LogP contribution in [0.25, 0.3) is 11.0 Å². The van der Waals surface area contributed by atoms with Gasteiger partial charge in [0.2, 0.25) is 0 Å². The van der Waals surface area contributed by atoms with Crippen LogP contribution in [-0.2, 0) is 9.47 Å². The van der Waals surface area contributed by atoms with Crippen LogP contribution in [0, 0.1) is 0 Å². The molecule has 4 rings (SSSR count). The smallest absolute Gasteiger partial charge is 0.163 e. The minimum absolute atomic E-state index is 0.0433. The fraction of sp³-hybridized carbons (Fsp3) is 0.538. The first kappa shape index (κ1) is 12.4. The van der Waals surface area contributed by atoms with E-state index >= 15 is 0 Å². The van der Waals surface area contributed by atoms with E-state index in [1.807, 2.05) is 37.9 Å². The molecule has 0 spiro atoms. The largest absolute Gasteiger partial charge is 0.383 e. The predicted octanol–water partition coefficient (Wildman–Crippen LogP) is 1.78. The average Bonchev–Trinajstić information content (AvgIpc) is 3.01. The van der Waals surface area contributed by atoms with Crippen molar-refractivity contribution in [2.45, 2.75) is 37.2 Å². The summed E-state index contributed by atoms with van der Waals surface area (Å²) < 4.78 is 14.1. The van der Waals surface area contributed by atoms with Gasteiger partial charge in [0.25, 0.3) is 0 Å². The molecule has 2 aromatic heterocycles. The lowest BCUT2D eigenvalue weighted by Crippen LogP contribution is -2.26. The summed E-state index contributed by atoms with van der Waals surface area (Å²) in [7, 11) is 0. The van der Waals surface area contributed by atoms with Gasteiger partial charge in [-0.15, -0.1) is 11.8 Å². The number of anilines is 1. The number of nitrogens with two attached hydrogens (primary N) is 1. The zero-order valence-corrected chi connectivity index (χ0v) is 12.1. The average molecular weight is 292 g/mol. The third-order valence-corrected chi connectivity index (χ3v) is 5.11. The van der Waals surface area contributed by atoms with Crippen molar-refractivity contribution in [3.8, 4) is 0 Å². The Morgan fingerprint density at radius 3 is 3.10 bits per heavy atom. The molecule has 0 aliphatic carbocycles. The number of hydrogen-bond donors (Lipinski definition) is 1. The quantitative estimate of drug-likeness (QED) is 0.863. The number of fused-ring (bicyclic) bond motifs is 2. The summed E-state index contributed by atoms with van der Waals surface area (Å²) in [4.78, 5) is 8.39. The fourth-order valence-electron chi connectivity index (χ4n) is 2.96. The van der Waals surface area contributed by atoms with Crippen molar-refractivity contribution < 1.29 is 9.47 Å². The first-order valence-electron chi connectivity index (χ1n) is 6.59. The normalized spacial score (nSPS) is 31.8. The molecule has 2 aromatic rings. The molecular formula is C13H16N4O2S. The molecule has 4 heterocycles. The number of nitrogen functional groups attached to an aromatic ring is 1. The van der Waals surface area contributed by atoms with Gasteiger partial charge in [0, 0.05) is 11.9 Å². The topological polar surface area (TPSA) is 75.2 Å². The SMILES string of the molecule is CC1(C)O[C@H]2[C@H](n3ccc4c(N)ncnc43)SC[C@H]2O1. The summed E-state index contributed by atoms with van der Waals surface area (Å²) in [6.45, 7) is 3.92. The number of thioether (sulfide) groups is 1. The van der Waals surface area contributed by atoms with E-state index in [4.69, 9.17) is 15.2 Å². The highest BCUT2D eigenvalue weighted by Crippen LogP contribution is 2.47. The first-order valence-corrected chi connectivity index (χ1v) is 7.64. The zero-order valence-electron chi connectivity index (χ0n) is 11.3. The Bertz CT molecular complexity index is 671. The molecule has 2 N–H and O–H groups in total. The maximum Gasteiger partial charge on any atom is 0.163 e. The van der Waals surface area contributed by atoms with Crippen molar-refractivity contribution in [3.63, 3.8) is 0 Å². The molecule has 3 atom stereocenters. The molecule has 6 nitrogen and oxygen atoms in total. The van der Waals surface area contributed by atoms with Crippen LogP contribution in [0.1, 0.15) is 19.2 Å². The summed E-state index contributed by atoms with van der Waals surface area (Å²) in [5, 5.41) is 1.04. The Labute approximate surface area is 120 Å². The maximum atomic E-state index is 6.05. The van der Waals surface area contributed by atoms with E-state index < -0.39 is 5.79 Å². The lowest BCUT2D eigenvalue weighted by Gasteiger charge is -2.22. The highest BCUT2D eigenvalue weighted by molar-refractivity contribution is 7.99. The molecular weight excluding hydrogens is 276 g/mol. The molecule has 0 saturated carbocycles. The van der Waals surface area contributed by atoms with Gasteiger partial charge in [-0.25, -0.2) is 9.97 Å². The van der Waals surface area contributed by atoms with E-state index in [1.165, 1.54) is 6.33 Å². The number of aromatic nitrogens is 3. The van der Waals surface area contributed by atoms with Crippen LogP contribution in [0.5, 0.6) is 0 Å². The van der Waals surface area contributed by atoms with Crippen LogP contribution in [0.4, 0.5) is 5.82 Å². The Hall–Kier alpha value is -1.31. The monoisotopic (exact) mass is 292 g/mol. The Morgan fingerprint density at radius 1 is 1.40 bits per heavy atom. The predicted molar refractivity (Wildman–Crippen MR) is 77.3 cm³/mol. The molecule has 106 valence electrons. The summed E-state index contributed by atoms with van der Waals surface area (Å²) in [5.74, 6) is 0.932. The maximum absolute atomic E-state index is 6.05. The standard InChI is InChI=1S/C13H16N4O2S/c1-13(2)18-8-5-20-12(9(8)19-13)17-4-3-7-10(14)15-6-16-11(7)17/h3-4,6,8-9,12H,5H2,1-2H3,(H2,14,15,16)/t8-,9-,12-/m1/s1. The second kappa shape index (κ2) is 4.09. The van der Waals surface area contributed by atoms with Crippen LogP contribution in [0.15, 0.2) is 18.6 Å². The number of rotatable bonds is 1. The Kier molecular flexibility index (Phi) is 2.55. The van der Waals surface area contributed by atoms with Crippen LogP contribution in [0.2, 0.25) is 0 Å². The minimum Gasteiger partial charge on any atom is -0.383 e. The lowest BCUT2D eigenvalue weighted by atomic mass is 10.2. The first-order chi connectivity index (χ1) is 9.55. The van der Waals surface area contributed by atoms with Crippen molar-refractivity contribution >= 4 is 28.6 Å². The lowest BCUT2D eigenvalue weighted by molar-refractivity contribution is -0.146. The van der Waals surface area contributed by atoms with Crippen LogP contribution in [-0.4, -0.2) is 38.3 Å². The molecule has 2 saturated heterocycles. The van der Waals surface area contributed by atoms with Crippen LogP contribution < -0.4 is 5.73 Å². The van der Waals surface area contributed by atoms with Gasteiger partial charge >= 0.3 is 0 Å². The molecule has 2 aliphatic rings. The van der Waals surface area contributed by atoms with Gasteiger partial charge in [-0.05, 0) is 19.9 Å². The van der Waals surface area contributed by atoms with Crippen molar-refractivity contribution in [3.05, 3.63) is 18.6 Å². The molecule has 0 unspecified atom stereocenters.